The summed E-state index contributed by atoms with van der Waals surface area (Å²) in [5, 5.41) is 3.58. The van der Waals surface area contributed by atoms with Crippen molar-refractivity contribution in [3.05, 3.63) is 35.9 Å². The molecule has 1 heterocycles. The smallest absolute Gasteiger partial charge is 0.254 e. The van der Waals surface area contributed by atoms with Crippen LogP contribution in [0.2, 0.25) is 0 Å². The fourth-order valence-corrected chi connectivity index (χ4v) is 2.72. The van der Waals surface area contributed by atoms with Crippen LogP contribution in [0.3, 0.4) is 0 Å². The predicted octanol–water partition coefficient (Wildman–Crippen LogP) is 1.76. The number of thioether (sulfide) groups is 1. The minimum absolute atomic E-state index is 0.0608. The summed E-state index contributed by atoms with van der Waals surface area (Å²) in [5.41, 5.74) is 0.725. The maximum absolute atomic E-state index is 11.9. The summed E-state index contributed by atoms with van der Waals surface area (Å²) in [5.74, 6) is 0.323. The van der Waals surface area contributed by atoms with Gasteiger partial charge in [-0.15, -0.1) is 0 Å². The van der Waals surface area contributed by atoms with Crippen LogP contribution in [0.1, 0.15) is 17.9 Å². The lowest BCUT2D eigenvalue weighted by molar-refractivity contribution is -0.121. The molecule has 0 saturated heterocycles. The average molecular weight is 232 g/mol. The van der Waals surface area contributed by atoms with E-state index in [2.05, 4.69) is 22.4 Å². The van der Waals surface area contributed by atoms with E-state index in [4.69, 9.17) is 0 Å². The number of amides is 1. The van der Waals surface area contributed by atoms with Gasteiger partial charge in [0, 0.05) is 5.92 Å². The average Bonchev–Trinajstić information content (AvgIpc) is 2.95. The predicted molar refractivity (Wildman–Crippen MR) is 65.6 cm³/mol. The second-order valence-electron chi connectivity index (χ2n) is 4.17. The van der Waals surface area contributed by atoms with Crippen molar-refractivity contribution in [2.24, 2.45) is 4.99 Å². The third-order valence-electron chi connectivity index (χ3n) is 3.24. The fourth-order valence-electron chi connectivity index (χ4n) is 2.27. The van der Waals surface area contributed by atoms with Gasteiger partial charge < -0.3 is 5.32 Å². The Hall–Kier alpha value is -1.29. The summed E-state index contributed by atoms with van der Waals surface area (Å²) in [6.07, 6.45) is 2.77. The van der Waals surface area contributed by atoms with Crippen molar-refractivity contribution in [1.29, 1.82) is 0 Å². The molecule has 1 amide bonds. The highest BCUT2D eigenvalue weighted by Gasteiger charge is 2.63. The number of nitrogens with zero attached hydrogens (tertiary/aromatic N) is 1. The van der Waals surface area contributed by atoms with Gasteiger partial charge in [0.15, 0.2) is 5.17 Å². The summed E-state index contributed by atoms with van der Waals surface area (Å²) >= 11 is 1.49. The van der Waals surface area contributed by atoms with E-state index in [0.717, 1.165) is 11.6 Å². The van der Waals surface area contributed by atoms with E-state index < -0.39 is 5.54 Å². The zero-order chi connectivity index (χ0) is 11.2. The number of hydrogen-bond donors (Lipinski definition) is 1. The normalized spacial score (nSPS) is 31.4. The molecule has 2 atom stereocenters. The van der Waals surface area contributed by atoms with Gasteiger partial charge in [-0.25, -0.2) is 4.99 Å². The number of hydrogen-bond acceptors (Lipinski definition) is 3. The van der Waals surface area contributed by atoms with Crippen LogP contribution in [-0.2, 0) is 4.79 Å². The highest BCUT2D eigenvalue weighted by Crippen LogP contribution is 2.56. The van der Waals surface area contributed by atoms with E-state index in [1.807, 2.05) is 24.5 Å². The Morgan fingerprint density at radius 1 is 1.44 bits per heavy atom. The van der Waals surface area contributed by atoms with Crippen molar-refractivity contribution in [2.75, 3.05) is 6.26 Å². The molecule has 1 saturated carbocycles. The van der Waals surface area contributed by atoms with E-state index in [1.165, 1.54) is 17.3 Å². The largest absolute Gasteiger partial charge is 0.303 e. The first-order valence-corrected chi connectivity index (χ1v) is 6.49. The molecular weight excluding hydrogens is 220 g/mol. The van der Waals surface area contributed by atoms with Gasteiger partial charge in [-0.1, -0.05) is 42.1 Å². The third-order valence-corrected chi connectivity index (χ3v) is 3.82. The molecule has 1 aromatic carbocycles. The second kappa shape index (κ2) is 3.35. The zero-order valence-electron chi connectivity index (χ0n) is 8.93. The number of rotatable bonds is 1. The van der Waals surface area contributed by atoms with Crippen molar-refractivity contribution in [3.8, 4) is 0 Å². The number of carbonyl (C=O) groups is 1. The summed E-state index contributed by atoms with van der Waals surface area (Å²) in [7, 11) is 0. The van der Waals surface area contributed by atoms with E-state index in [1.54, 1.807) is 0 Å². The Morgan fingerprint density at radius 3 is 2.81 bits per heavy atom. The first kappa shape index (κ1) is 9.90. The molecule has 3 rings (SSSR count). The molecule has 1 unspecified atom stereocenters. The van der Waals surface area contributed by atoms with Crippen molar-refractivity contribution < 1.29 is 4.79 Å². The zero-order valence-corrected chi connectivity index (χ0v) is 9.75. The van der Waals surface area contributed by atoms with Crippen LogP contribution in [0.4, 0.5) is 0 Å². The summed E-state index contributed by atoms with van der Waals surface area (Å²) in [6.45, 7) is 0. The molecule has 2 aliphatic rings. The van der Waals surface area contributed by atoms with Gasteiger partial charge in [-0.3, -0.25) is 4.79 Å². The van der Waals surface area contributed by atoms with Crippen LogP contribution in [0.25, 0.3) is 0 Å². The minimum atomic E-state index is -0.486. The Labute approximate surface area is 98.3 Å². The summed E-state index contributed by atoms with van der Waals surface area (Å²) < 4.78 is 0. The summed E-state index contributed by atoms with van der Waals surface area (Å²) in [4.78, 5) is 16.4. The van der Waals surface area contributed by atoms with Crippen LogP contribution in [0.15, 0.2) is 35.3 Å². The number of amidine groups is 1. The molecule has 0 aromatic heterocycles. The van der Waals surface area contributed by atoms with Crippen LogP contribution >= 0.6 is 11.8 Å². The maximum Gasteiger partial charge on any atom is 0.254 e. The van der Waals surface area contributed by atoms with E-state index >= 15 is 0 Å². The molecule has 1 spiro atoms. The Balaban J connectivity index is 1.90. The molecule has 1 aliphatic carbocycles. The molecule has 1 aliphatic heterocycles. The lowest BCUT2D eigenvalue weighted by Gasteiger charge is -2.03. The first-order chi connectivity index (χ1) is 7.76. The van der Waals surface area contributed by atoms with Crippen molar-refractivity contribution in [2.45, 2.75) is 17.9 Å². The van der Waals surface area contributed by atoms with Crippen LogP contribution in [-0.4, -0.2) is 22.9 Å². The van der Waals surface area contributed by atoms with Gasteiger partial charge >= 0.3 is 0 Å². The van der Waals surface area contributed by atoms with E-state index in [-0.39, 0.29) is 11.8 Å². The number of aliphatic imine (C=N–C) groups is 1. The monoisotopic (exact) mass is 232 g/mol. The Bertz CT molecular complexity index is 471. The lowest BCUT2D eigenvalue weighted by Crippen LogP contribution is -2.29. The SMILES string of the molecule is CSC1=NC2(C[C@@H]2c2ccccc2)C(=O)N1. The maximum atomic E-state index is 11.9. The molecular formula is C12H12N2OS. The minimum Gasteiger partial charge on any atom is -0.303 e. The molecule has 1 fully saturated rings. The first-order valence-electron chi connectivity index (χ1n) is 5.26. The van der Waals surface area contributed by atoms with Gasteiger partial charge in [0.1, 0.15) is 5.54 Å². The van der Waals surface area contributed by atoms with Gasteiger partial charge in [0.2, 0.25) is 0 Å². The molecule has 1 N–H and O–H groups in total. The highest BCUT2D eigenvalue weighted by atomic mass is 32.2. The van der Waals surface area contributed by atoms with E-state index in [0.29, 0.717) is 0 Å². The third kappa shape index (κ3) is 1.29. The fraction of sp³-hybridized carbons (Fsp3) is 0.333. The standard InChI is InChI=1S/C12H12N2OS/c1-16-11-13-10(15)12(14-11)7-9(12)8-5-3-2-4-6-8/h2-6,9H,7H2,1H3,(H,13,14,15)/t9-,12?/m1/s1. The second-order valence-corrected chi connectivity index (χ2v) is 4.96. The van der Waals surface area contributed by atoms with Crippen LogP contribution < -0.4 is 5.32 Å². The molecule has 3 nitrogen and oxygen atoms in total. The van der Waals surface area contributed by atoms with Crippen molar-refractivity contribution in [3.63, 3.8) is 0 Å². The molecule has 16 heavy (non-hydrogen) atoms. The topological polar surface area (TPSA) is 41.5 Å². The van der Waals surface area contributed by atoms with E-state index in [9.17, 15) is 4.79 Å². The molecule has 0 bridgehead atoms. The quantitative estimate of drug-likeness (QED) is 0.801. The number of nitrogens with one attached hydrogen (secondary N) is 1. The molecule has 82 valence electrons. The van der Waals surface area contributed by atoms with Gasteiger partial charge in [0.25, 0.3) is 5.91 Å². The van der Waals surface area contributed by atoms with Crippen molar-refractivity contribution in [1.82, 2.24) is 5.32 Å². The highest BCUT2D eigenvalue weighted by molar-refractivity contribution is 8.13. The number of carbonyl (C=O) groups excluding carboxylic acids is 1. The van der Waals surface area contributed by atoms with Crippen LogP contribution in [0.5, 0.6) is 0 Å². The number of benzene rings is 1. The molecule has 4 heteroatoms. The molecule has 1 aromatic rings. The van der Waals surface area contributed by atoms with Gasteiger partial charge in [-0.2, -0.15) is 0 Å². The Kier molecular flexibility index (Phi) is 2.07. The van der Waals surface area contributed by atoms with Gasteiger partial charge in [-0.05, 0) is 18.2 Å². The van der Waals surface area contributed by atoms with Crippen molar-refractivity contribution >= 4 is 22.8 Å². The summed E-state index contributed by atoms with van der Waals surface area (Å²) in [6, 6.07) is 10.1. The van der Waals surface area contributed by atoms with Crippen LogP contribution in [0, 0.1) is 0 Å². The Morgan fingerprint density at radius 2 is 2.19 bits per heavy atom. The lowest BCUT2D eigenvalue weighted by atomic mass is 10.1. The molecule has 0 radical (unpaired) electrons. The van der Waals surface area contributed by atoms with Gasteiger partial charge in [0.05, 0.1) is 0 Å².